The molecule has 1 aliphatic rings. The summed E-state index contributed by atoms with van der Waals surface area (Å²) in [6, 6.07) is 0. The summed E-state index contributed by atoms with van der Waals surface area (Å²) in [7, 11) is 0. The first-order valence-electron chi connectivity index (χ1n) is 5.77. The molecule has 17 heavy (non-hydrogen) atoms. The largest absolute Gasteiger partial charge is 0.344 e. The summed E-state index contributed by atoms with van der Waals surface area (Å²) in [5.41, 5.74) is 7.88. The van der Waals surface area contributed by atoms with E-state index in [1.807, 2.05) is 20.8 Å². The van der Waals surface area contributed by atoms with Crippen LogP contribution in [0.3, 0.4) is 0 Å². The maximum atomic E-state index is 11.9. The van der Waals surface area contributed by atoms with Gasteiger partial charge in [-0.25, -0.2) is 5.43 Å². The molecule has 96 valence electrons. The van der Waals surface area contributed by atoms with Gasteiger partial charge in [-0.15, -0.1) is 0 Å². The lowest BCUT2D eigenvalue weighted by atomic mass is 9.88. The predicted molar refractivity (Wildman–Crippen MR) is 65.3 cm³/mol. The molecule has 2 amide bonds. The summed E-state index contributed by atoms with van der Waals surface area (Å²) in [6.45, 7) is 6.25. The van der Waals surface area contributed by atoms with Crippen molar-refractivity contribution in [3.05, 3.63) is 0 Å². The van der Waals surface area contributed by atoms with Crippen LogP contribution in [0.15, 0.2) is 5.10 Å². The lowest BCUT2D eigenvalue weighted by Gasteiger charge is -2.33. The molecule has 1 atom stereocenters. The van der Waals surface area contributed by atoms with Gasteiger partial charge in [0.25, 0.3) is 5.91 Å². The maximum absolute atomic E-state index is 11.9. The van der Waals surface area contributed by atoms with E-state index in [-0.39, 0.29) is 17.7 Å². The van der Waals surface area contributed by atoms with Crippen LogP contribution in [0.25, 0.3) is 0 Å². The SMILES string of the molecule is CC(C)C(C)(CN)NC(=O)C1=NNC(=O)CC1. The summed E-state index contributed by atoms with van der Waals surface area (Å²) in [4.78, 5) is 22.8. The van der Waals surface area contributed by atoms with Crippen LogP contribution in [0.4, 0.5) is 0 Å². The van der Waals surface area contributed by atoms with Crippen LogP contribution < -0.4 is 16.5 Å². The molecule has 4 N–H and O–H groups in total. The number of carbonyl (C=O) groups is 2. The summed E-state index contributed by atoms with van der Waals surface area (Å²) < 4.78 is 0. The second kappa shape index (κ2) is 5.27. The van der Waals surface area contributed by atoms with Crippen molar-refractivity contribution in [2.24, 2.45) is 16.8 Å². The van der Waals surface area contributed by atoms with Crippen molar-refractivity contribution in [3.63, 3.8) is 0 Å². The Bertz CT molecular complexity index is 351. The van der Waals surface area contributed by atoms with Gasteiger partial charge in [-0.1, -0.05) is 13.8 Å². The summed E-state index contributed by atoms with van der Waals surface area (Å²) >= 11 is 0. The van der Waals surface area contributed by atoms with Crippen molar-refractivity contribution in [2.75, 3.05) is 6.54 Å². The highest BCUT2D eigenvalue weighted by Gasteiger charge is 2.30. The van der Waals surface area contributed by atoms with Crippen LogP contribution in [0.5, 0.6) is 0 Å². The predicted octanol–water partition coefficient (Wildman–Crippen LogP) is -0.258. The van der Waals surface area contributed by atoms with Crippen LogP contribution in [0.1, 0.15) is 33.6 Å². The van der Waals surface area contributed by atoms with E-state index >= 15 is 0 Å². The molecule has 0 saturated heterocycles. The first kappa shape index (κ1) is 13.6. The number of hydrogen-bond donors (Lipinski definition) is 3. The van der Waals surface area contributed by atoms with Crippen molar-refractivity contribution < 1.29 is 9.59 Å². The van der Waals surface area contributed by atoms with Crippen LogP contribution in [-0.2, 0) is 9.59 Å². The van der Waals surface area contributed by atoms with Gasteiger partial charge in [0.15, 0.2) is 0 Å². The Morgan fingerprint density at radius 3 is 2.65 bits per heavy atom. The molecule has 6 nitrogen and oxygen atoms in total. The van der Waals surface area contributed by atoms with Crippen molar-refractivity contribution >= 4 is 17.5 Å². The lowest BCUT2D eigenvalue weighted by molar-refractivity contribution is -0.121. The van der Waals surface area contributed by atoms with Gasteiger partial charge in [0.1, 0.15) is 5.71 Å². The Kier molecular flexibility index (Phi) is 4.22. The molecule has 1 unspecified atom stereocenters. The lowest BCUT2D eigenvalue weighted by Crippen LogP contribution is -2.57. The summed E-state index contributed by atoms with van der Waals surface area (Å²) in [6.07, 6.45) is 0.670. The second-order valence-electron chi connectivity index (χ2n) is 4.82. The van der Waals surface area contributed by atoms with Gasteiger partial charge in [-0.3, -0.25) is 9.59 Å². The molecule has 0 aliphatic carbocycles. The third kappa shape index (κ3) is 3.26. The van der Waals surface area contributed by atoms with E-state index in [0.29, 0.717) is 25.1 Å². The van der Waals surface area contributed by atoms with Crippen molar-refractivity contribution in [1.82, 2.24) is 10.7 Å². The number of nitrogens with zero attached hydrogens (tertiary/aromatic N) is 1. The Balaban J connectivity index is 2.69. The second-order valence-corrected chi connectivity index (χ2v) is 4.82. The zero-order chi connectivity index (χ0) is 13.1. The molecular formula is C11H20N4O2. The maximum Gasteiger partial charge on any atom is 0.267 e. The summed E-state index contributed by atoms with van der Waals surface area (Å²) in [5, 5.41) is 6.63. The first-order chi connectivity index (χ1) is 7.89. The molecule has 0 fully saturated rings. The molecular weight excluding hydrogens is 220 g/mol. The van der Waals surface area contributed by atoms with E-state index in [4.69, 9.17) is 5.73 Å². The number of amides is 2. The molecule has 0 aromatic heterocycles. The molecule has 0 spiro atoms. The monoisotopic (exact) mass is 240 g/mol. The highest BCUT2D eigenvalue weighted by atomic mass is 16.2. The van der Waals surface area contributed by atoms with Crippen LogP contribution in [0.2, 0.25) is 0 Å². The van der Waals surface area contributed by atoms with Crippen LogP contribution in [0, 0.1) is 5.92 Å². The van der Waals surface area contributed by atoms with E-state index in [0.717, 1.165) is 0 Å². The van der Waals surface area contributed by atoms with E-state index in [9.17, 15) is 9.59 Å². The average Bonchev–Trinajstić information content (AvgIpc) is 2.29. The number of hydrogen-bond acceptors (Lipinski definition) is 4. The molecule has 1 aliphatic heterocycles. The zero-order valence-corrected chi connectivity index (χ0v) is 10.5. The Morgan fingerprint density at radius 2 is 2.24 bits per heavy atom. The molecule has 1 rings (SSSR count). The third-order valence-electron chi connectivity index (χ3n) is 3.26. The van der Waals surface area contributed by atoms with Crippen LogP contribution in [-0.4, -0.2) is 29.6 Å². The topological polar surface area (TPSA) is 96.6 Å². The van der Waals surface area contributed by atoms with E-state index in [2.05, 4.69) is 15.8 Å². The van der Waals surface area contributed by atoms with Gasteiger partial charge >= 0.3 is 0 Å². The quantitative estimate of drug-likeness (QED) is 0.631. The van der Waals surface area contributed by atoms with Gasteiger partial charge < -0.3 is 11.1 Å². The number of nitrogens with one attached hydrogen (secondary N) is 2. The zero-order valence-electron chi connectivity index (χ0n) is 10.5. The molecule has 0 bridgehead atoms. The molecule has 0 aromatic carbocycles. The third-order valence-corrected chi connectivity index (χ3v) is 3.26. The fourth-order valence-corrected chi connectivity index (χ4v) is 1.40. The molecule has 6 heteroatoms. The van der Waals surface area contributed by atoms with Gasteiger partial charge in [-0.2, -0.15) is 5.10 Å². The van der Waals surface area contributed by atoms with Crippen molar-refractivity contribution in [1.29, 1.82) is 0 Å². The van der Waals surface area contributed by atoms with Gasteiger partial charge in [0.2, 0.25) is 5.91 Å². The van der Waals surface area contributed by atoms with E-state index < -0.39 is 5.54 Å². The Hall–Kier alpha value is -1.43. The van der Waals surface area contributed by atoms with Gasteiger partial charge in [-0.05, 0) is 12.8 Å². The minimum Gasteiger partial charge on any atom is -0.344 e. The highest BCUT2D eigenvalue weighted by molar-refractivity contribution is 6.39. The average molecular weight is 240 g/mol. The number of rotatable bonds is 4. The van der Waals surface area contributed by atoms with Crippen molar-refractivity contribution in [3.8, 4) is 0 Å². The smallest absolute Gasteiger partial charge is 0.267 e. The molecule has 0 saturated carbocycles. The number of carbonyl (C=O) groups excluding carboxylic acids is 2. The number of hydrazone groups is 1. The minimum absolute atomic E-state index is 0.160. The van der Waals surface area contributed by atoms with E-state index in [1.54, 1.807) is 0 Å². The van der Waals surface area contributed by atoms with E-state index in [1.165, 1.54) is 0 Å². The van der Waals surface area contributed by atoms with Crippen LogP contribution >= 0.6 is 0 Å². The first-order valence-corrected chi connectivity index (χ1v) is 5.77. The molecule has 1 heterocycles. The molecule has 0 aromatic rings. The van der Waals surface area contributed by atoms with Gasteiger partial charge in [0, 0.05) is 19.4 Å². The van der Waals surface area contributed by atoms with Gasteiger partial charge in [0.05, 0.1) is 5.54 Å². The highest BCUT2D eigenvalue weighted by Crippen LogP contribution is 2.15. The minimum atomic E-state index is -0.457. The normalized spacial score (nSPS) is 19.4. The summed E-state index contributed by atoms with van der Waals surface area (Å²) in [5.74, 6) is -0.200. The molecule has 0 radical (unpaired) electrons. The number of nitrogens with two attached hydrogens (primary N) is 1. The standard InChI is InChI=1S/C11H20N4O2/c1-7(2)11(3,6-12)13-10(17)8-4-5-9(16)15-14-8/h7H,4-6,12H2,1-3H3,(H,13,17)(H,15,16). The van der Waals surface area contributed by atoms with Crippen molar-refractivity contribution in [2.45, 2.75) is 39.2 Å². The fraction of sp³-hybridized carbons (Fsp3) is 0.727. The fourth-order valence-electron chi connectivity index (χ4n) is 1.40. The Labute approximate surface area is 101 Å². The Morgan fingerprint density at radius 1 is 1.59 bits per heavy atom.